The molecule has 5 heteroatoms. The standard InChI is InChI=1S/C30H33N3O2/c1-32-15-17-33(18-16-32)29-12-6-7-21-19-22(13-14-23(21)29)31-30(34)35-20-28-26-10-4-2-8-24(26)25-9-3-5-11-27(25)28/h2-5,8-11,13-14,19,28-29H,6-7,12,15-18,20H2,1H3,(H,31,34). The van der Waals surface area contributed by atoms with Crippen molar-refractivity contribution >= 4 is 11.8 Å². The summed E-state index contributed by atoms with van der Waals surface area (Å²) in [6, 6.07) is 23.7. The molecule has 0 saturated carbocycles. The van der Waals surface area contributed by atoms with Crippen molar-refractivity contribution in [3.8, 4) is 11.1 Å². The first-order chi connectivity index (χ1) is 17.2. The van der Waals surface area contributed by atoms with E-state index in [0.29, 0.717) is 12.6 Å². The first-order valence-electron chi connectivity index (χ1n) is 12.8. The van der Waals surface area contributed by atoms with Gasteiger partial charge in [-0.05, 0) is 71.8 Å². The second kappa shape index (κ2) is 9.48. The number of carbonyl (C=O) groups excluding carboxylic acids is 1. The number of piperazine rings is 1. The van der Waals surface area contributed by atoms with Gasteiger partial charge in [0.05, 0.1) is 0 Å². The van der Waals surface area contributed by atoms with E-state index in [1.165, 1.54) is 46.2 Å². The molecule has 3 aromatic carbocycles. The number of nitrogens with one attached hydrogen (secondary N) is 1. The maximum atomic E-state index is 12.8. The van der Waals surface area contributed by atoms with Gasteiger partial charge in [-0.25, -0.2) is 4.79 Å². The minimum Gasteiger partial charge on any atom is -0.448 e. The highest BCUT2D eigenvalue weighted by Crippen LogP contribution is 2.44. The minimum atomic E-state index is -0.391. The molecule has 1 saturated heterocycles. The highest BCUT2D eigenvalue weighted by molar-refractivity contribution is 5.85. The Morgan fingerprint density at radius 2 is 1.60 bits per heavy atom. The molecule has 1 amide bonds. The summed E-state index contributed by atoms with van der Waals surface area (Å²) in [5.41, 5.74) is 8.54. The van der Waals surface area contributed by atoms with Crippen LogP contribution in [-0.4, -0.2) is 55.7 Å². The number of benzene rings is 3. The molecule has 5 nitrogen and oxygen atoms in total. The van der Waals surface area contributed by atoms with Crippen molar-refractivity contribution in [2.75, 3.05) is 45.2 Å². The second-order valence-corrected chi connectivity index (χ2v) is 10.1. The summed E-state index contributed by atoms with van der Waals surface area (Å²) in [5.74, 6) is 0.0704. The Labute approximate surface area is 207 Å². The lowest BCUT2D eigenvalue weighted by molar-refractivity contribution is 0.102. The number of hydrogen-bond donors (Lipinski definition) is 1. The quantitative estimate of drug-likeness (QED) is 0.537. The minimum absolute atomic E-state index is 0.0704. The van der Waals surface area contributed by atoms with Crippen LogP contribution >= 0.6 is 0 Å². The number of rotatable bonds is 4. The summed E-state index contributed by atoms with van der Waals surface area (Å²) in [6.45, 7) is 4.84. The molecule has 1 unspecified atom stereocenters. The number of carbonyl (C=O) groups is 1. The van der Waals surface area contributed by atoms with E-state index in [4.69, 9.17) is 4.74 Å². The first-order valence-corrected chi connectivity index (χ1v) is 12.8. The summed E-state index contributed by atoms with van der Waals surface area (Å²) in [6.07, 6.45) is 3.09. The van der Waals surface area contributed by atoms with Crippen LogP contribution in [0.3, 0.4) is 0 Å². The van der Waals surface area contributed by atoms with Gasteiger partial charge < -0.3 is 9.64 Å². The summed E-state index contributed by atoms with van der Waals surface area (Å²) in [4.78, 5) is 17.8. The Morgan fingerprint density at radius 3 is 2.31 bits per heavy atom. The van der Waals surface area contributed by atoms with Crippen molar-refractivity contribution in [3.63, 3.8) is 0 Å². The van der Waals surface area contributed by atoms with Gasteiger partial charge in [-0.2, -0.15) is 0 Å². The molecule has 1 atom stereocenters. The fourth-order valence-electron chi connectivity index (χ4n) is 6.13. The Morgan fingerprint density at radius 1 is 0.914 bits per heavy atom. The van der Waals surface area contributed by atoms with Gasteiger partial charge in [0.1, 0.15) is 6.61 Å². The Kier molecular flexibility index (Phi) is 6.05. The molecular weight excluding hydrogens is 434 g/mol. The Balaban J connectivity index is 1.12. The monoisotopic (exact) mass is 467 g/mol. The number of ether oxygens (including phenoxy) is 1. The molecule has 6 rings (SSSR count). The van der Waals surface area contributed by atoms with Gasteiger partial charge in [0.2, 0.25) is 0 Å². The van der Waals surface area contributed by atoms with E-state index in [-0.39, 0.29) is 5.92 Å². The average Bonchev–Trinajstić information content (AvgIpc) is 3.21. The lowest BCUT2D eigenvalue weighted by atomic mass is 9.86. The number of fused-ring (bicyclic) bond motifs is 4. The highest BCUT2D eigenvalue weighted by Gasteiger charge is 2.30. The van der Waals surface area contributed by atoms with Crippen molar-refractivity contribution < 1.29 is 9.53 Å². The van der Waals surface area contributed by atoms with Crippen molar-refractivity contribution in [3.05, 3.63) is 89.0 Å². The van der Waals surface area contributed by atoms with Gasteiger partial charge in [0, 0.05) is 43.8 Å². The van der Waals surface area contributed by atoms with Crippen LogP contribution in [0.15, 0.2) is 66.7 Å². The van der Waals surface area contributed by atoms with Crippen LogP contribution in [0.4, 0.5) is 10.5 Å². The van der Waals surface area contributed by atoms with Crippen LogP contribution in [0.2, 0.25) is 0 Å². The molecule has 0 bridgehead atoms. The van der Waals surface area contributed by atoms with E-state index in [1.54, 1.807) is 0 Å². The van der Waals surface area contributed by atoms with E-state index in [9.17, 15) is 4.79 Å². The molecule has 35 heavy (non-hydrogen) atoms. The molecule has 3 aliphatic rings. The third-order valence-electron chi connectivity index (χ3n) is 7.99. The molecule has 0 spiro atoms. The molecule has 1 aliphatic heterocycles. The predicted molar refractivity (Wildman–Crippen MR) is 140 cm³/mol. The van der Waals surface area contributed by atoms with Crippen LogP contribution in [0, 0.1) is 0 Å². The number of nitrogens with zero attached hydrogens (tertiary/aromatic N) is 2. The molecule has 180 valence electrons. The smallest absolute Gasteiger partial charge is 0.411 e. The second-order valence-electron chi connectivity index (χ2n) is 10.1. The van der Waals surface area contributed by atoms with Gasteiger partial charge in [0.15, 0.2) is 0 Å². The van der Waals surface area contributed by atoms with Crippen molar-refractivity contribution in [2.24, 2.45) is 0 Å². The molecule has 1 heterocycles. The average molecular weight is 468 g/mol. The SMILES string of the molecule is CN1CCN(C2CCCc3cc(NC(=O)OCC4c5ccccc5-c5ccccc54)ccc32)CC1. The third kappa shape index (κ3) is 4.35. The lowest BCUT2D eigenvalue weighted by Crippen LogP contribution is -2.46. The fourth-order valence-corrected chi connectivity index (χ4v) is 6.13. The molecule has 2 aliphatic carbocycles. The molecule has 1 N–H and O–H groups in total. The topological polar surface area (TPSA) is 44.8 Å². The summed E-state index contributed by atoms with van der Waals surface area (Å²) in [7, 11) is 2.20. The maximum Gasteiger partial charge on any atom is 0.411 e. The maximum absolute atomic E-state index is 12.8. The summed E-state index contributed by atoms with van der Waals surface area (Å²) < 4.78 is 5.75. The van der Waals surface area contributed by atoms with Crippen LogP contribution in [0.25, 0.3) is 11.1 Å². The van der Waals surface area contributed by atoms with Crippen molar-refractivity contribution in [1.29, 1.82) is 0 Å². The van der Waals surface area contributed by atoms with Crippen molar-refractivity contribution in [2.45, 2.75) is 31.2 Å². The normalized spacial score (nSPS) is 20.1. The predicted octanol–water partition coefficient (Wildman–Crippen LogP) is 5.67. The van der Waals surface area contributed by atoms with E-state index in [2.05, 4.69) is 82.8 Å². The van der Waals surface area contributed by atoms with E-state index in [1.807, 2.05) is 6.07 Å². The third-order valence-corrected chi connectivity index (χ3v) is 7.99. The van der Waals surface area contributed by atoms with Crippen LogP contribution in [0.1, 0.15) is 47.1 Å². The summed E-state index contributed by atoms with van der Waals surface area (Å²) >= 11 is 0. The van der Waals surface area contributed by atoms with E-state index >= 15 is 0 Å². The fraction of sp³-hybridized carbons (Fsp3) is 0.367. The van der Waals surface area contributed by atoms with Crippen LogP contribution in [0.5, 0.6) is 0 Å². The molecule has 3 aromatic rings. The van der Waals surface area contributed by atoms with Gasteiger partial charge in [-0.3, -0.25) is 10.2 Å². The number of likely N-dealkylation sites (N-methyl/N-ethyl adjacent to an activating group) is 1. The molecule has 0 aromatic heterocycles. The van der Waals surface area contributed by atoms with Crippen molar-refractivity contribution in [1.82, 2.24) is 9.80 Å². The molecular formula is C30H33N3O2. The largest absolute Gasteiger partial charge is 0.448 e. The number of aryl methyl sites for hydroxylation is 1. The lowest BCUT2D eigenvalue weighted by Gasteiger charge is -2.40. The van der Waals surface area contributed by atoms with E-state index < -0.39 is 6.09 Å². The van der Waals surface area contributed by atoms with Gasteiger partial charge >= 0.3 is 6.09 Å². The number of amides is 1. The first kappa shape index (κ1) is 22.3. The van der Waals surface area contributed by atoms with Crippen LogP contribution < -0.4 is 5.32 Å². The van der Waals surface area contributed by atoms with Crippen LogP contribution in [-0.2, 0) is 11.2 Å². The Bertz CT molecular complexity index is 1190. The van der Waals surface area contributed by atoms with Gasteiger partial charge in [-0.15, -0.1) is 0 Å². The zero-order chi connectivity index (χ0) is 23.8. The number of hydrogen-bond acceptors (Lipinski definition) is 4. The molecule has 0 radical (unpaired) electrons. The number of anilines is 1. The zero-order valence-electron chi connectivity index (χ0n) is 20.4. The zero-order valence-corrected chi connectivity index (χ0v) is 20.4. The van der Waals surface area contributed by atoms with E-state index in [0.717, 1.165) is 38.3 Å². The molecule has 1 fully saturated rings. The van der Waals surface area contributed by atoms with Gasteiger partial charge in [-0.1, -0.05) is 54.6 Å². The Hall–Kier alpha value is -3.15. The highest BCUT2D eigenvalue weighted by atomic mass is 16.5. The summed E-state index contributed by atoms with van der Waals surface area (Å²) in [5, 5.41) is 2.98. The van der Waals surface area contributed by atoms with Gasteiger partial charge in [0.25, 0.3) is 0 Å².